The number of nitrogens with one attached hydrogen (secondary N) is 2. The van der Waals surface area contributed by atoms with Crippen molar-refractivity contribution in [2.45, 2.75) is 36.3 Å². The lowest BCUT2D eigenvalue weighted by Gasteiger charge is -2.48. The molecule has 15 heteroatoms. The zero-order valence-electron chi connectivity index (χ0n) is 17.8. The maximum Gasteiger partial charge on any atom is 0.157 e. The highest BCUT2D eigenvalue weighted by atomic mass is 35.5. The smallest absolute Gasteiger partial charge is 0.157 e. The van der Waals surface area contributed by atoms with E-state index in [1.54, 1.807) is 0 Å². The van der Waals surface area contributed by atoms with Crippen LogP contribution in [0.15, 0.2) is 12.7 Å². The Morgan fingerprint density at radius 2 is 1.35 bits per heavy atom. The highest BCUT2D eigenvalue weighted by Gasteiger charge is 2.62. The van der Waals surface area contributed by atoms with Gasteiger partial charge >= 0.3 is 0 Å². The van der Waals surface area contributed by atoms with Crippen LogP contribution in [0.1, 0.15) is 6.42 Å². The van der Waals surface area contributed by atoms with Crippen LogP contribution in [0.5, 0.6) is 0 Å². The molecule has 186 valence electrons. The molecule has 0 aromatic carbocycles. The maximum atomic E-state index is 11.5. The molecule has 2 aliphatic rings. The first kappa shape index (κ1) is 24.9. The average Bonchev–Trinajstić information content (AvgIpc) is 3.09. The van der Waals surface area contributed by atoms with Gasteiger partial charge in [0.05, 0.1) is 25.3 Å². The Labute approximate surface area is 204 Å². The summed E-state index contributed by atoms with van der Waals surface area (Å²) in [4.78, 5) is 15.7. The summed E-state index contributed by atoms with van der Waals surface area (Å²) in [6.45, 7) is -0.630. The van der Waals surface area contributed by atoms with E-state index in [1.165, 1.54) is 12.7 Å². The molecular weight excluding hydrogens is 491 g/mol. The van der Waals surface area contributed by atoms with Crippen LogP contribution in [0.4, 0.5) is 23.0 Å². The molecule has 13 nitrogen and oxygen atoms in total. The molecule has 2 aromatic rings. The zero-order chi connectivity index (χ0) is 24.6. The van der Waals surface area contributed by atoms with Crippen molar-refractivity contribution in [1.29, 1.82) is 0 Å². The molecule has 0 bridgehead atoms. The molecule has 0 radical (unpaired) electrons. The van der Waals surface area contributed by atoms with E-state index in [0.717, 1.165) is 0 Å². The molecule has 1 saturated carbocycles. The summed E-state index contributed by atoms with van der Waals surface area (Å²) in [5, 5.41) is 48.9. The second-order valence-electron chi connectivity index (χ2n) is 8.44. The van der Waals surface area contributed by atoms with Crippen molar-refractivity contribution in [3.05, 3.63) is 23.0 Å². The first-order valence-corrected chi connectivity index (χ1v) is 11.3. The van der Waals surface area contributed by atoms with E-state index in [4.69, 9.17) is 39.4 Å². The van der Waals surface area contributed by atoms with Gasteiger partial charge in [0, 0.05) is 18.4 Å². The van der Waals surface area contributed by atoms with Crippen LogP contribution in [0, 0.1) is 11.8 Å². The highest BCUT2D eigenvalue weighted by Crippen LogP contribution is 2.46. The third-order valence-electron chi connectivity index (χ3n) is 6.59. The molecule has 2 fully saturated rings. The van der Waals surface area contributed by atoms with Crippen LogP contribution in [0.3, 0.4) is 0 Å². The lowest BCUT2D eigenvalue weighted by Crippen LogP contribution is -2.66. The Morgan fingerprint density at radius 1 is 0.882 bits per heavy atom. The number of nitrogens with zero attached hydrogens (tertiary/aromatic N) is 4. The number of nitrogens with two attached hydrogens (primary N) is 2. The van der Waals surface area contributed by atoms with Crippen LogP contribution in [0.2, 0.25) is 10.3 Å². The van der Waals surface area contributed by atoms with Crippen LogP contribution in [-0.4, -0.2) is 90.1 Å². The van der Waals surface area contributed by atoms with Crippen LogP contribution < -0.4 is 22.1 Å². The van der Waals surface area contributed by atoms with Crippen molar-refractivity contribution in [2.24, 2.45) is 11.8 Å². The number of rotatable bonds is 6. The fourth-order valence-electron chi connectivity index (χ4n) is 4.70. The van der Waals surface area contributed by atoms with Gasteiger partial charge in [-0.25, -0.2) is 19.9 Å². The topological polar surface area (TPSA) is 218 Å². The maximum absolute atomic E-state index is 11.5. The summed E-state index contributed by atoms with van der Waals surface area (Å²) in [5.74, 6) is -0.750. The van der Waals surface area contributed by atoms with Crippen molar-refractivity contribution < 1.29 is 25.2 Å². The monoisotopic (exact) mass is 516 g/mol. The van der Waals surface area contributed by atoms with Gasteiger partial charge in [-0.15, -0.1) is 0 Å². The summed E-state index contributed by atoms with van der Waals surface area (Å²) in [6.07, 6.45) is -0.128. The Hall–Kier alpha value is -2.26. The molecular formula is C19H26Cl2N8O5. The Bertz CT molecular complexity index is 1040. The number of anilines is 4. The highest BCUT2D eigenvalue weighted by molar-refractivity contribution is 6.32. The number of nitrogen functional groups attached to an aromatic ring is 2. The van der Waals surface area contributed by atoms with Crippen LogP contribution in [-0.2, 0) is 4.74 Å². The number of ether oxygens (including phenoxy) is 1. The molecule has 2 aromatic heterocycles. The van der Waals surface area contributed by atoms with E-state index in [9.17, 15) is 20.4 Å². The van der Waals surface area contributed by atoms with Gasteiger partial charge in [-0.1, -0.05) is 23.2 Å². The normalized spacial score (nSPS) is 33.2. The Morgan fingerprint density at radius 3 is 1.82 bits per heavy atom. The molecule has 1 saturated heterocycles. The van der Waals surface area contributed by atoms with Crippen molar-refractivity contribution in [2.75, 3.05) is 41.9 Å². The van der Waals surface area contributed by atoms with Gasteiger partial charge < -0.3 is 47.3 Å². The molecule has 7 atom stereocenters. The molecule has 1 aliphatic carbocycles. The number of aliphatic hydroxyl groups excluding tert-OH is 4. The minimum Gasteiger partial charge on any atom is -0.396 e. The standard InChI is InChI=1S/C19H26Cl2N8O5/c20-15-9(22)17(26-5-24-15)28-11-7(2-30)1-19(13(11)32)14(33)12(8(3-31)4-34-19)29-18-10(23)16(21)25-6-27-18/h5-8,11-14,30-33H,1-4,22-23H2,(H,24,26,28)(H,25,27,29)/t7-,8+,11+,12+,13-,14+,19-/m1/s1. The van der Waals surface area contributed by atoms with E-state index in [0.29, 0.717) is 0 Å². The van der Waals surface area contributed by atoms with E-state index >= 15 is 0 Å². The Kier molecular flexibility index (Phi) is 7.14. The number of hydrogen-bond acceptors (Lipinski definition) is 13. The number of halogens is 2. The molecule has 0 amide bonds. The number of aromatic nitrogens is 4. The first-order chi connectivity index (χ1) is 16.2. The van der Waals surface area contributed by atoms with Gasteiger partial charge in [-0.3, -0.25) is 0 Å². The van der Waals surface area contributed by atoms with E-state index < -0.39 is 41.7 Å². The van der Waals surface area contributed by atoms with Gasteiger partial charge in [0.15, 0.2) is 21.9 Å². The second-order valence-corrected chi connectivity index (χ2v) is 9.15. The molecule has 34 heavy (non-hydrogen) atoms. The molecule has 1 spiro atoms. The zero-order valence-corrected chi connectivity index (χ0v) is 19.4. The van der Waals surface area contributed by atoms with Crippen LogP contribution >= 0.6 is 23.2 Å². The predicted octanol–water partition coefficient (Wildman–Crippen LogP) is -0.889. The van der Waals surface area contributed by atoms with Crippen molar-refractivity contribution >= 4 is 46.2 Å². The minimum absolute atomic E-state index is 0.00729. The predicted molar refractivity (Wildman–Crippen MR) is 124 cm³/mol. The van der Waals surface area contributed by atoms with Gasteiger partial charge in [0.1, 0.15) is 41.8 Å². The van der Waals surface area contributed by atoms with E-state index in [-0.39, 0.29) is 59.6 Å². The van der Waals surface area contributed by atoms with Gasteiger partial charge in [0.2, 0.25) is 0 Å². The SMILES string of the molecule is Nc1c(Cl)ncnc1N[C@H]1[C@@H](CO)C[C@@]2(OC[C@H](CO)[C@H](Nc3ncnc(Cl)c3N)[C@@H]2O)[C@@H]1O. The summed E-state index contributed by atoms with van der Waals surface area (Å²) < 4.78 is 6.00. The summed E-state index contributed by atoms with van der Waals surface area (Å²) in [7, 11) is 0. The van der Waals surface area contributed by atoms with Gasteiger partial charge in [-0.05, 0) is 6.42 Å². The van der Waals surface area contributed by atoms with Gasteiger partial charge in [0.25, 0.3) is 0 Å². The summed E-state index contributed by atoms with van der Waals surface area (Å²) in [5.41, 5.74) is 10.6. The van der Waals surface area contributed by atoms with Gasteiger partial charge in [-0.2, -0.15) is 0 Å². The van der Waals surface area contributed by atoms with Crippen molar-refractivity contribution in [1.82, 2.24) is 19.9 Å². The number of hydrogen-bond donors (Lipinski definition) is 8. The van der Waals surface area contributed by atoms with E-state index in [1.807, 2.05) is 0 Å². The quantitative estimate of drug-likeness (QED) is 0.218. The van der Waals surface area contributed by atoms with E-state index in [2.05, 4.69) is 30.6 Å². The third-order valence-corrected chi connectivity index (χ3v) is 7.19. The first-order valence-electron chi connectivity index (χ1n) is 10.5. The Balaban J connectivity index is 1.64. The van der Waals surface area contributed by atoms with Crippen molar-refractivity contribution in [3.8, 4) is 0 Å². The van der Waals surface area contributed by atoms with Crippen molar-refractivity contribution in [3.63, 3.8) is 0 Å². The fourth-order valence-corrected chi connectivity index (χ4v) is 4.97. The third kappa shape index (κ3) is 4.17. The molecule has 1 aliphatic heterocycles. The lowest BCUT2D eigenvalue weighted by atomic mass is 9.79. The largest absolute Gasteiger partial charge is 0.396 e. The number of aliphatic hydroxyl groups is 4. The molecule has 4 rings (SSSR count). The molecule has 10 N–H and O–H groups in total. The lowest BCUT2D eigenvalue weighted by molar-refractivity contribution is -0.215. The molecule has 3 heterocycles. The average molecular weight is 517 g/mol. The summed E-state index contributed by atoms with van der Waals surface area (Å²) in [6, 6.07) is -1.61. The fraction of sp³-hybridized carbons (Fsp3) is 0.579. The van der Waals surface area contributed by atoms with Crippen LogP contribution in [0.25, 0.3) is 0 Å². The second kappa shape index (κ2) is 9.77. The molecule has 0 unspecified atom stereocenters. The summed E-state index contributed by atoms with van der Waals surface area (Å²) >= 11 is 11.9. The minimum atomic E-state index is -1.49.